The summed E-state index contributed by atoms with van der Waals surface area (Å²) in [7, 11) is 0. The van der Waals surface area contributed by atoms with Gasteiger partial charge in [-0.1, -0.05) is 34.1 Å². The lowest BCUT2D eigenvalue weighted by molar-refractivity contribution is -0.200. The van der Waals surface area contributed by atoms with Crippen LogP contribution < -0.4 is 0 Å². The van der Waals surface area contributed by atoms with Crippen molar-refractivity contribution in [1.82, 2.24) is 0 Å². The third-order valence-corrected chi connectivity index (χ3v) is 12.2. The van der Waals surface area contributed by atoms with E-state index in [1.807, 2.05) is 0 Å². The van der Waals surface area contributed by atoms with Crippen LogP contribution in [0.3, 0.4) is 0 Å². The van der Waals surface area contributed by atoms with Crippen molar-refractivity contribution >= 4 is 15.9 Å². The molecule has 0 saturated heterocycles. The topological polar surface area (TPSA) is 0 Å². The molecule has 4 atom stereocenters. The van der Waals surface area contributed by atoms with E-state index in [9.17, 15) is 0 Å². The number of hydrogen-bond donors (Lipinski definition) is 0. The summed E-state index contributed by atoms with van der Waals surface area (Å²) in [5, 5.41) is 0. The molecule has 1 heteroatoms. The van der Waals surface area contributed by atoms with E-state index in [4.69, 9.17) is 0 Å². The average Bonchev–Trinajstić information content (AvgIpc) is 2.61. The number of aryl methyl sites for hydroxylation is 2. The summed E-state index contributed by atoms with van der Waals surface area (Å²) in [5.41, 5.74) is 6.54. The molecule has 8 saturated carbocycles. The summed E-state index contributed by atoms with van der Waals surface area (Å²) >= 11 is 4.35. The highest BCUT2D eigenvalue weighted by Gasteiger charge is 2.69. The van der Waals surface area contributed by atoms with Crippen molar-refractivity contribution in [2.45, 2.75) is 101 Å². The molecule has 0 amide bonds. The molecule has 0 aliphatic heterocycles. The van der Waals surface area contributed by atoms with Gasteiger partial charge in [0.1, 0.15) is 0 Å². The number of rotatable bonds is 2. The second-order valence-electron chi connectivity index (χ2n) is 13.2. The first-order valence-electron chi connectivity index (χ1n) is 12.6. The highest BCUT2D eigenvalue weighted by molar-refractivity contribution is 9.10. The Morgan fingerprint density at radius 2 is 1.24 bits per heavy atom. The molecule has 156 valence electrons. The smallest absolute Gasteiger partial charge is 0.0268 e. The van der Waals surface area contributed by atoms with E-state index in [1.54, 1.807) is 44.1 Å². The molecule has 1 aromatic carbocycles. The molecule has 1 aromatic rings. The molecule has 0 aromatic heterocycles. The Hall–Kier alpha value is -0.300. The Bertz CT molecular complexity index is 852. The van der Waals surface area contributed by atoms with Crippen LogP contribution in [0, 0.1) is 48.3 Å². The minimum atomic E-state index is 0.505. The SMILES string of the molecule is Cc1ccc(C23CC4CC(C2)CC(C25CC6CC(CC(Br)(C6)C2)C5)(C4)C3)cc1C. The second-order valence-corrected chi connectivity index (χ2v) is 14.9. The fourth-order valence-corrected chi connectivity index (χ4v) is 12.5. The average molecular weight is 454 g/mol. The molecule has 0 N–H and O–H groups in total. The number of hydrogen-bond acceptors (Lipinski definition) is 0. The first-order valence-corrected chi connectivity index (χ1v) is 13.4. The largest absolute Gasteiger partial charge is 0.0853 e. The lowest BCUT2D eigenvalue weighted by Gasteiger charge is -2.73. The lowest BCUT2D eigenvalue weighted by Crippen LogP contribution is -2.65. The molecule has 0 spiro atoms. The Morgan fingerprint density at radius 3 is 1.79 bits per heavy atom. The van der Waals surface area contributed by atoms with E-state index in [-0.39, 0.29) is 0 Å². The van der Waals surface area contributed by atoms with Crippen LogP contribution in [0.4, 0.5) is 0 Å². The van der Waals surface area contributed by atoms with E-state index in [0.29, 0.717) is 20.6 Å². The molecular formula is C28H37Br. The van der Waals surface area contributed by atoms with Crippen molar-refractivity contribution in [1.29, 1.82) is 0 Å². The zero-order valence-electron chi connectivity index (χ0n) is 18.4. The van der Waals surface area contributed by atoms with Crippen molar-refractivity contribution in [3.8, 4) is 0 Å². The lowest BCUT2D eigenvalue weighted by atomic mass is 9.32. The highest BCUT2D eigenvalue weighted by atomic mass is 79.9. The van der Waals surface area contributed by atoms with Crippen molar-refractivity contribution in [2.75, 3.05) is 0 Å². The Kier molecular flexibility index (Phi) is 3.49. The van der Waals surface area contributed by atoms with Gasteiger partial charge in [0, 0.05) is 4.32 Å². The molecule has 0 nitrogen and oxygen atoms in total. The van der Waals surface area contributed by atoms with Crippen LogP contribution in [-0.4, -0.2) is 4.32 Å². The van der Waals surface area contributed by atoms with Crippen molar-refractivity contribution in [3.05, 3.63) is 34.9 Å². The van der Waals surface area contributed by atoms with Gasteiger partial charge in [-0.3, -0.25) is 0 Å². The summed E-state index contributed by atoms with van der Waals surface area (Å²) in [6, 6.07) is 7.56. The van der Waals surface area contributed by atoms with Crippen molar-refractivity contribution in [2.24, 2.45) is 34.5 Å². The van der Waals surface area contributed by atoms with Crippen molar-refractivity contribution < 1.29 is 0 Å². The first kappa shape index (κ1) is 18.3. The van der Waals surface area contributed by atoms with E-state index in [0.717, 1.165) is 23.7 Å². The summed E-state index contributed by atoms with van der Waals surface area (Å²) in [4.78, 5) is 0. The molecule has 29 heavy (non-hydrogen) atoms. The maximum Gasteiger partial charge on any atom is 0.0268 e. The molecule has 8 fully saturated rings. The minimum Gasteiger partial charge on any atom is -0.0853 e. The fourth-order valence-electron chi connectivity index (χ4n) is 11.1. The highest BCUT2D eigenvalue weighted by Crippen LogP contribution is 2.78. The zero-order chi connectivity index (χ0) is 19.6. The van der Waals surface area contributed by atoms with E-state index in [2.05, 4.69) is 48.0 Å². The van der Waals surface area contributed by atoms with Gasteiger partial charge in [-0.05, 0) is 148 Å². The van der Waals surface area contributed by atoms with Gasteiger partial charge in [0.2, 0.25) is 0 Å². The van der Waals surface area contributed by atoms with E-state index in [1.165, 1.54) is 49.7 Å². The van der Waals surface area contributed by atoms with Crippen molar-refractivity contribution in [3.63, 3.8) is 0 Å². The number of benzene rings is 1. The summed E-state index contributed by atoms with van der Waals surface area (Å²) < 4.78 is 0.508. The first-order chi connectivity index (χ1) is 13.8. The molecule has 8 aliphatic rings. The van der Waals surface area contributed by atoms with Gasteiger partial charge in [-0.2, -0.15) is 0 Å². The fraction of sp³-hybridized carbons (Fsp3) is 0.786. The van der Waals surface area contributed by atoms with Crippen LogP contribution >= 0.6 is 15.9 Å². The summed E-state index contributed by atoms with van der Waals surface area (Å²) in [6.07, 6.45) is 18.4. The molecule has 8 aliphatic carbocycles. The maximum absolute atomic E-state index is 4.35. The quantitative estimate of drug-likeness (QED) is 0.400. The Balaban J connectivity index is 1.34. The molecule has 9 rings (SSSR count). The van der Waals surface area contributed by atoms with Gasteiger partial charge < -0.3 is 0 Å². The van der Waals surface area contributed by atoms with Gasteiger partial charge in [-0.25, -0.2) is 0 Å². The van der Waals surface area contributed by atoms with Gasteiger partial charge in [0.25, 0.3) is 0 Å². The molecule has 0 radical (unpaired) electrons. The Morgan fingerprint density at radius 1 is 0.690 bits per heavy atom. The molecule has 0 heterocycles. The predicted octanol–water partition coefficient (Wildman–Crippen LogP) is 7.88. The van der Waals surface area contributed by atoms with E-state index < -0.39 is 0 Å². The van der Waals surface area contributed by atoms with Crippen LogP contribution in [0.15, 0.2) is 18.2 Å². The van der Waals surface area contributed by atoms with Crippen LogP contribution in [0.5, 0.6) is 0 Å². The van der Waals surface area contributed by atoms with E-state index >= 15 is 0 Å². The van der Waals surface area contributed by atoms with Crippen LogP contribution in [0.2, 0.25) is 0 Å². The normalized spacial score (nSPS) is 54.3. The van der Waals surface area contributed by atoms with Gasteiger partial charge in [-0.15, -0.1) is 0 Å². The van der Waals surface area contributed by atoms with Gasteiger partial charge in [0.05, 0.1) is 0 Å². The second kappa shape index (κ2) is 5.54. The zero-order valence-corrected chi connectivity index (χ0v) is 20.0. The third kappa shape index (κ3) is 2.38. The standard InChI is InChI=1S/C28H37Br/c1-18-3-4-24(5-19(18)2)25-8-20-6-21(9-25)11-26(10-20,16-25)27-12-22-7-23(13-27)15-28(29,14-22)17-27/h3-5,20-23H,6-17H2,1-2H3. The molecular weight excluding hydrogens is 416 g/mol. The molecule has 4 unspecified atom stereocenters. The molecule has 8 bridgehead atoms. The minimum absolute atomic E-state index is 0.505. The van der Waals surface area contributed by atoms with Crippen LogP contribution in [-0.2, 0) is 5.41 Å². The van der Waals surface area contributed by atoms with Gasteiger partial charge >= 0.3 is 0 Å². The van der Waals surface area contributed by atoms with Crippen LogP contribution in [0.25, 0.3) is 0 Å². The Labute approximate surface area is 185 Å². The predicted molar refractivity (Wildman–Crippen MR) is 123 cm³/mol. The number of alkyl halides is 1. The summed E-state index contributed by atoms with van der Waals surface area (Å²) in [5.74, 6) is 4.08. The number of halogens is 1. The van der Waals surface area contributed by atoms with Crippen LogP contribution in [0.1, 0.15) is 93.7 Å². The summed E-state index contributed by atoms with van der Waals surface area (Å²) in [6.45, 7) is 4.62. The third-order valence-electron chi connectivity index (χ3n) is 11.3. The van der Waals surface area contributed by atoms with Gasteiger partial charge in [0.15, 0.2) is 0 Å². The monoisotopic (exact) mass is 452 g/mol. The maximum atomic E-state index is 4.35.